The summed E-state index contributed by atoms with van der Waals surface area (Å²) in [5, 5.41) is 3.74. The number of rotatable bonds is 1. The smallest absolute Gasteiger partial charge is 0.00953 e. The van der Waals surface area contributed by atoms with Crippen LogP contribution in [0, 0.1) is 5.92 Å². The van der Waals surface area contributed by atoms with Crippen LogP contribution in [0.2, 0.25) is 0 Å². The Morgan fingerprint density at radius 3 is 1.93 bits per heavy atom. The highest BCUT2D eigenvalue weighted by molar-refractivity contribution is 4.80. The van der Waals surface area contributed by atoms with Crippen LogP contribution in [0.1, 0.15) is 64.2 Å². The van der Waals surface area contributed by atoms with Crippen LogP contribution in [-0.4, -0.2) is 12.6 Å². The van der Waals surface area contributed by atoms with Crippen LogP contribution in [0.15, 0.2) is 0 Å². The highest BCUT2D eigenvalue weighted by atomic mass is 14.9. The zero-order chi connectivity index (χ0) is 9.64. The Bertz CT molecular complexity index is 141. The minimum Gasteiger partial charge on any atom is -0.314 e. The molecule has 2 rings (SSSR count). The molecule has 1 saturated heterocycles. The van der Waals surface area contributed by atoms with Gasteiger partial charge in [0.05, 0.1) is 0 Å². The largest absolute Gasteiger partial charge is 0.314 e. The molecular weight excluding hydrogens is 170 g/mol. The van der Waals surface area contributed by atoms with Crippen LogP contribution in [0.25, 0.3) is 0 Å². The number of piperidine rings is 1. The minimum absolute atomic E-state index is 0.877. The first-order valence-electron chi connectivity index (χ1n) is 6.70. The van der Waals surface area contributed by atoms with Gasteiger partial charge in [-0.1, -0.05) is 38.5 Å². The van der Waals surface area contributed by atoms with Crippen LogP contribution in [0.3, 0.4) is 0 Å². The van der Waals surface area contributed by atoms with Gasteiger partial charge in [-0.15, -0.1) is 0 Å². The van der Waals surface area contributed by atoms with E-state index >= 15 is 0 Å². The molecule has 0 amide bonds. The van der Waals surface area contributed by atoms with E-state index in [0.717, 1.165) is 12.0 Å². The summed E-state index contributed by atoms with van der Waals surface area (Å²) in [5.74, 6) is 1.01. The lowest BCUT2D eigenvalue weighted by Crippen LogP contribution is -2.40. The van der Waals surface area contributed by atoms with Crippen LogP contribution in [0.5, 0.6) is 0 Å². The Hall–Kier alpha value is -0.0400. The lowest BCUT2D eigenvalue weighted by Gasteiger charge is -2.32. The molecule has 1 aliphatic carbocycles. The van der Waals surface area contributed by atoms with Crippen molar-refractivity contribution in [3.63, 3.8) is 0 Å². The van der Waals surface area contributed by atoms with E-state index in [0.29, 0.717) is 0 Å². The molecule has 1 nitrogen and oxygen atoms in total. The minimum atomic E-state index is 0.877. The second kappa shape index (κ2) is 5.75. The molecule has 0 spiro atoms. The molecule has 1 heterocycles. The van der Waals surface area contributed by atoms with Gasteiger partial charge in [0.1, 0.15) is 0 Å². The molecule has 2 aliphatic rings. The predicted octanol–water partition coefficient (Wildman–Crippen LogP) is 3.49. The van der Waals surface area contributed by atoms with Crippen molar-refractivity contribution in [1.29, 1.82) is 0 Å². The molecule has 1 heteroatoms. The lowest BCUT2D eigenvalue weighted by molar-refractivity contribution is 0.248. The molecule has 0 aromatic heterocycles. The summed E-state index contributed by atoms with van der Waals surface area (Å²) in [6, 6.07) is 0.877. The summed E-state index contributed by atoms with van der Waals surface area (Å²) in [7, 11) is 0. The van der Waals surface area contributed by atoms with Gasteiger partial charge >= 0.3 is 0 Å². The van der Waals surface area contributed by atoms with Crippen molar-refractivity contribution in [3.8, 4) is 0 Å². The second-order valence-electron chi connectivity index (χ2n) is 5.16. The fraction of sp³-hybridized carbons (Fsp3) is 1.00. The van der Waals surface area contributed by atoms with Crippen molar-refractivity contribution in [1.82, 2.24) is 5.32 Å². The maximum absolute atomic E-state index is 3.74. The van der Waals surface area contributed by atoms with Crippen molar-refractivity contribution in [2.24, 2.45) is 5.92 Å². The SMILES string of the molecule is C1CCCC(C2CCCCN2)CCC1. The molecule has 1 unspecified atom stereocenters. The molecule has 0 aromatic carbocycles. The van der Waals surface area contributed by atoms with Crippen molar-refractivity contribution in [2.45, 2.75) is 70.3 Å². The Morgan fingerprint density at radius 2 is 1.29 bits per heavy atom. The average Bonchev–Trinajstić information content (AvgIpc) is 2.18. The van der Waals surface area contributed by atoms with Gasteiger partial charge in [-0.25, -0.2) is 0 Å². The van der Waals surface area contributed by atoms with Crippen LogP contribution in [-0.2, 0) is 0 Å². The Labute approximate surface area is 88.7 Å². The van der Waals surface area contributed by atoms with Crippen LogP contribution < -0.4 is 5.32 Å². The van der Waals surface area contributed by atoms with Crippen molar-refractivity contribution in [2.75, 3.05) is 6.54 Å². The summed E-state index contributed by atoms with van der Waals surface area (Å²) in [6.07, 6.45) is 14.8. The van der Waals surface area contributed by atoms with Gasteiger partial charge in [0.15, 0.2) is 0 Å². The highest BCUT2D eigenvalue weighted by Gasteiger charge is 2.22. The Balaban J connectivity index is 1.80. The van der Waals surface area contributed by atoms with E-state index in [4.69, 9.17) is 0 Å². The van der Waals surface area contributed by atoms with E-state index in [-0.39, 0.29) is 0 Å². The van der Waals surface area contributed by atoms with Gasteiger partial charge < -0.3 is 5.32 Å². The fourth-order valence-corrected chi connectivity index (χ4v) is 3.17. The summed E-state index contributed by atoms with van der Waals surface area (Å²) >= 11 is 0. The van der Waals surface area contributed by atoms with Crippen LogP contribution >= 0.6 is 0 Å². The Morgan fingerprint density at radius 1 is 0.643 bits per heavy atom. The highest BCUT2D eigenvalue weighted by Crippen LogP contribution is 2.28. The van der Waals surface area contributed by atoms with E-state index in [9.17, 15) is 0 Å². The summed E-state index contributed by atoms with van der Waals surface area (Å²) in [6.45, 7) is 1.28. The van der Waals surface area contributed by atoms with E-state index in [1.165, 1.54) is 70.8 Å². The first-order chi connectivity index (χ1) is 6.97. The molecule has 0 aromatic rings. The third kappa shape index (κ3) is 2.98. The van der Waals surface area contributed by atoms with Crippen molar-refractivity contribution < 1.29 is 0 Å². The quantitative estimate of drug-likeness (QED) is 0.675. The molecular formula is C13H25N. The molecule has 1 N–H and O–H groups in total. The zero-order valence-electron chi connectivity index (χ0n) is 9.43. The summed E-state index contributed by atoms with van der Waals surface area (Å²) in [4.78, 5) is 0. The normalized spacial score (nSPS) is 32.1. The predicted molar refractivity (Wildman–Crippen MR) is 61.5 cm³/mol. The first-order valence-corrected chi connectivity index (χ1v) is 6.70. The van der Waals surface area contributed by atoms with Gasteiger partial charge in [-0.05, 0) is 38.1 Å². The molecule has 0 radical (unpaired) electrons. The molecule has 1 atom stereocenters. The monoisotopic (exact) mass is 195 g/mol. The van der Waals surface area contributed by atoms with E-state index < -0.39 is 0 Å². The van der Waals surface area contributed by atoms with Crippen molar-refractivity contribution >= 4 is 0 Å². The molecule has 82 valence electrons. The summed E-state index contributed by atoms with van der Waals surface area (Å²) in [5.41, 5.74) is 0. The zero-order valence-corrected chi connectivity index (χ0v) is 9.43. The number of hydrogen-bond donors (Lipinski definition) is 1. The molecule has 14 heavy (non-hydrogen) atoms. The average molecular weight is 195 g/mol. The second-order valence-corrected chi connectivity index (χ2v) is 5.16. The van der Waals surface area contributed by atoms with Gasteiger partial charge in [0.2, 0.25) is 0 Å². The molecule has 0 bridgehead atoms. The van der Waals surface area contributed by atoms with Crippen molar-refractivity contribution in [3.05, 3.63) is 0 Å². The van der Waals surface area contributed by atoms with Gasteiger partial charge in [0, 0.05) is 6.04 Å². The van der Waals surface area contributed by atoms with Crippen LogP contribution in [0.4, 0.5) is 0 Å². The maximum atomic E-state index is 3.74. The van der Waals surface area contributed by atoms with Gasteiger partial charge in [0.25, 0.3) is 0 Å². The summed E-state index contributed by atoms with van der Waals surface area (Å²) < 4.78 is 0. The number of hydrogen-bond acceptors (Lipinski definition) is 1. The topological polar surface area (TPSA) is 12.0 Å². The van der Waals surface area contributed by atoms with E-state index in [2.05, 4.69) is 5.32 Å². The third-order valence-electron chi connectivity index (χ3n) is 4.07. The molecule has 2 fully saturated rings. The lowest BCUT2D eigenvalue weighted by atomic mass is 9.82. The number of nitrogens with one attached hydrogen (secondary N) is 1. The fourth-order valence-electron chi connectivity index (χ4n) is 3.17. The molecule has 1 aliphatic heterocycles. The van der Waals surface area contributed by atoms with E-state index in [1.807, 2.05) is 0 Å². The third-order valence-corrected chi connectivity index (χ3v) is 4.07. The first kappa shape index (κ1) is 10.5. The van der Waals surface area contributed by atoms with Gasteiger partial charge in [-0.3, -0.25) is 0 Å². The van der Waals surface area contributed by atoms with E-state index in [1.54, 1.807) is 0 Å². The van der Waals surface area contributed by atoms with Gasteiger partial charge in [-0.2, -0.15) is 0 Å². The Kier molecular flexibility index (Phi) is 4.30. The standard InChI is InChI=1S/C13H25N/c1-2-4-8-12(9-5-3-1)13-10-6-7-11-14-13/h12-14H,1-11H2. The maximum Gasteiger partial charge on any atom is 0.00953 e. The molecule has 1 saturated carbocycles.